The van der Waals surface area contributed by atoms with Gasteiger partial charge in [0.1, 0.15) is 0 Å². The second kappa shape index (κ2) is 4.34. The Balaban J connectivity index is 2.40. The molecule has 2 rings (SSSR count). The van der Waals surface area contributed by atoms with Crippen LogP contribution in [0.3, 0.4) is 0 Å². The zero-order chi connectivity index (χ0) is 14.2. The summed E-state index contributed by atoms with van der Waals surface area (Å²) in [4.78, 5) is 13.2. The van der Waals surface area contributed by atoms with Crippen LogP contribution in [0.15, 0.2) is 24.3 Å². The van der Waals surface area contributed by atoms with Crippen LogP contribution in [0.25, 0.3) is 11.4 Å². The van der Waals surface area contributed by atoms with Gasteiger partial charge in [-0.3, -0.25) is 10.1 Å². The molecule has 1 aromatic carbocycles. The average molecular weight is 272 g/mol. The van der Waals surface area contributed by atoms with E-state index in [-0.39, 0.29) is 17.1 Å². The van der Waals surface area contributed by atoms with E-state index < -0.39 is 16.9 Å². The molecule has 6 nitrogen and oxygen atoms in total. The third-order valence-electron chi connectivity index (χ3n) is 2.35. The van der Waals surface area contributed by atoms with E-state index in [4.69, 9.17) is 0 Å². The van der Waals surface area contributed by atoms with Crippen LogP contribution in [0.1, 0.15) is 5.82 Å². The number of nitrogens with zero attached hydrogens (tertiary/aromatic N) is 4. The second-order valence-corrected chi connectivity index (χ2v) is 3.68. The number of nitro benzene ring substituents is 1. The number of non-ortho nitro benzene ring substituents is 1. The van der Waals surface area contributed by atoms with Crippen LogP contribution in [-0.2, 0) is 13.2 Å². The lowest BCUT2D eigenvalue weighted by molar-refractivity contribution is -0.384. The number of aromatic nitrogens is 3. The fraction of sp³-hybridized carbons (Fsp3) is 0.200. The molecule has 100 valence electrons. The number of hydrogen-bond donors (Lipinski definition) is 0. The van der Waals surface area contributed by atoms with Gasteiger partial charge in [0.2, 0.25) is 5.82 Å². The molecule has 0 unspecified atom stereocenters. The molecule has 1 heterocycles. The summed E-state index contributed by atoms with van der Waals surface area (Å²) in [5.74, 6) is -1.26. The maximum atomic E-state index is 12.5. The third-order valence-corrected chi connectivity index (χ3v) is 2.35. The van der Waals surface area contributed by atoms with Gasteiger partial charge in [-0.05, 0) is 12.1 Å². The molecule has 19 heavy (non-hydrogen) atoms. The Kier molecular flexibility index (Phi) is 2.97. The molecule has 0 N–H and O–H groups in total. The van der Waals surface area contributed by atoms with Crippen LogP contribution < -0.4 is 0 Å². The molecule has 0 atom stereocenters. The summed E-state index contributed by atoms with van der Waals surface area (Å²) < 4.78 is 38.2. The van der Waals surface area contributed by atoms with Crippen molar-refractivity contribution in [1.82, 2.24) is 14.8 Å². The van der Waals surface area contributed by atoms with Crippen LogP contribution in [0.2, 0.25) is 0 Å². The van der Waals surface area contributed by atoms with Crippen LogP contribution in [0, 0.1) is 10.1 Å². The summed E-state index contributed by atoms with van der Waals surface area (Å²) in [5.41, 5.74) is 0.118. The van der Waals surface area contributed by atoms with Crippen LogP contribution >= 0.6 is 0 Å². The lowest BCUT2D eigenvalue weighted by Crippen LogP contribution is -2.13. The first-order chi connectivity index (χ1) is 8.79. The number of rotatable bonds is 2. The van der Waals surface area contributed by atoms with Crippen molar-refractivity contribution < 1.29 is 18.1 Å². The number of benzene rings is 1. The van der Waals surface area contributed by atoms with Crippen molar-refractivity contribution in [3.05, 3.63) is 40.2 Å². The molecule has 1 aromatic heterocycles. The molecule has 0 saturated heterocycles. The van der Waals surface area contributed by atoms with E-state index in [0.29, 0.717) is 4.68 Å². The van der Waals surface area contributed by atoms with Gasteiger partial charge in [0.15, 0.2) is 5.82 Å². The summed E-state index contributed by atoms with van der Waals surface area (Å²) in [7, 11) is 1.13. The molecule has 0 aliphatic carbocycles. The molecule has 0 amide bonds. The number of alkyl halides is 3. The van der Waals surface area contributed by atoms with Crippen molar-refractivity contribution in [3.63, 3.8) is 0 Å². The lowest BCUT2D eigenvalue weighted by Gasteiger charge is -2.02. The molecule has 0 aliphatic rings. The minimum absolute atomic E-state index is 0.135. The Morgan fingerprint density at radius 2 is 1.84 bits per heavy atom. The quantitative estimate of drug-likeness (QED) is 0.621. The predicted molar refractivity (Wildman–Crippen MR) is 58.1 cm³/mol. The zero-order valence-corrected chi connectivity index (χ0v) is 9.55. The largest absolute Gasteiger partial charge is 0.451 e. The minimum Gasteiger partial charge on any atom is -0.258 e. The van der Waals surface area contributed by atoms with Crippen molar-refractivity contribution in [3.8, 4) is 11.4 Å². The zero-order valence-electron chi connectivity index (χ0n) is 9.55. The van der Waals surface area contributed by atoms with Gasteiger partial charge in [-0.2, -0.15) is 18.3 Å². The summed E-state index contributed by atoms with van der Waals surface area (Å²) in [6.07, 6.45) is -4.60. The van der Waals surface area contributed by atoms with E-state index in [0.717, 1.165) is 7.05 Å². The molecule has 0 spiro atoms. The van der Waals surface area contributed by atoms with Gasteiger partial charge in [0.25, 0.3) is 5.69 Å². The molecular formula is C10H7F3N4O2. The number of halogens is 3. The van der Waals surface area contributed by atoms with E-state index in [2.05, 4.69) is 10.1 Å². The molecule has 0 aliphatic heterocycles. The maximum absolute atomic E-state index is 12.5. The molecular weight excluding hydrogens is 265 g/mol. The fourth-order valence-corrected chi connectivity index (χ4v) is 1.49. The van der Waals surface area contributed by atoms with E-state index in [1.165, 1.54) is 24.3 Å². The molecule has 0 radical (unpaired) electrons. The minimum atomic E-state index is -4.60. The van der Waals surface area contributed by atoms with Crippen LogP contribution in [0.4, 0.5) is 18.9 Å². The molecule has 0 fully saturated rings. The summed E-state index contributed by atoms with van der Waals surface area (Å²) in [6, 6.07) is 4.96. The molecule has 0 bridgehead atoms. The van der Waals surface area contributed by atoms with Crippen LogP contribution in [0.5, 0.6) is 0 Å². The Morgan fingerprint density at radius 3 is 2.26 bits per heavy atom. The first kappa shape index (κ1) is 13.0. The third kappa shape index (κ3) is 2.54. The van der Waals surface area contributed by atoms with E-state index in [9.17, 15) is 23.3 Å². The Morgan fingerprint density at radius 1 is 1.26 bits per heavy atom. The topological polar surface area (TPSA) is 73.8 Å². The van der Waals surface area contributed by atoms with Crippen molar-refractivity contribution in [2.45, 2.75) is 6.18 Å². The van der Waals surface area contributed by atoms with Gasteiger partial charge in [-0.1, -0.05) is 0 Å². The van der Waals surface area contributed by atoms with Crippen molar-refractivity contribution in [2.75, 3.05) is 0 Å². The summed E-state index contributed by atoms with van der Waals surface area (Å²) in [5, 5.41) is 14.1. The maximum Gasteiger partial charge on any atom is 0.451 e. The summed E-state index contributed by atoms with van der Waals surface area (Å²) >= 11 is 0. The van der Waals surface area contributed by atoms with Crippen molar-refractivity contribution in [1.29, 1.82) is 0 Å². The van der Waals surface area contributed by atoms with Gasteiger partial charge >= 0.3 is 6.18 Å². The van der Waals surface area contributed by atoms with Crippen LogP contribution in [-0.4, -0.2) is 19.7 Å². The van der Waals surface area contributed by atoms with E-state index >= 15 is 0 Å². The highest BCUT2D eigenvalue weighted by Gasteiger charge is 2.37. The highest BCUT2D eigenvalue weighted by atomic mass is 19.4. The van der Waals surface area contributed by atoms with Gasteiger partial charge in [-0.25, -0.2) is 9.67 Å². The first-order valence-electron chi connectivity index (χ1n) is 5.02. The Hall–Kier alpha value is -2.45. The lowest BCUT2D eigenvalue weighted by atomic mass is 10.2. The SMILES string of the molecule is Cn1nc(-c2ccc([N+](=O)[O-])cc2)nc1C(F)(F)F. The molecule has 2 aromatic rings. The van der Waals surface area contributed by atoms with Gasteiger partial charge in [0.05, 0.1) is 4.92 Å². The van der Waals surface area contributed by atoms with E-state index in [1.54, 1.807) is 0 Å². The standard InChI is InChI=1S/C10H7F3N4O2/c1-16-9(10(11,12)13)14-8(15-16)6-2-4-7(5-3-6)17(18)19/h2-5H,1H3. The molecule has 9 heteroatoms. The normalized spacial score (nSPS) is 11.6. The average Bonchev–Trinajstić information content (AvgIpc) is 2.71. The van der Waals surface area contributed by atoms with Crippen molar-refractivity contribution in [2.24, 2.45) is 7.05 Å². The van der Waals surface area contributed by atoms with E-state index in [1.807, 2.05) is 0 Å². The number of nitro groups is 1. The van der Waals surface area contributed by atoms with Crippen molar-refractivity contribution >= 4 is 5.69 Å². The Labute approximate surface area is 104 Å². The highest BCUT2D eigenvalue weighted by Crippen LogP contribution is 2.29. The number of hydrogen-bond acceptors (Lipinski definition) is 4. The summed E-state index contributed by atoms with van der Waals surface area (Å²) in [6.45, 7) is 0. The monoisotopic (exact) mass is 272 g/mol. The van der Waals surface area contributed by atoms with Gasteiger partial charge < -0.3 is 0 Å². The van der Waals surface area contributed by atoms with Gasteiger partial charge in [0, 0.05) is 24.7 Å². The fourth-order valence-electron chi connectivity index (χ4n) is 1.49. The number of aryl methyl sites for hydroxylation is 1. The highest BCUT2D eigenvalue weighted by molar-refractivity contribution is 5.57. The first-order valence-corrected chi connectivity index (χ1v) is 5.02. The smallest absolute Gasteiger partial charge is 0.258 e. The van der Waals surface area contributed by atoms with Gasteiger partial charge in [-0.15, -0.1) is 0 Å². The second-order valence-electron chi connectivity index (χ2n) is 3.68. The Bertz CT molecular complexity index is 619. The molecule has 0 saturated carbocycles. The predicted octanol–water partition coefficient (Wildman–Crippen LogP) is 2.41.